The van der Waals surface area contributed by atoms with E-state index in [4.69, 9.17) is 10.7 Å². The van der Waals surface area contributed by atoms with Gasteiger partial charge in [-0.1, -0.05) is 0 Å². The van der Waals surface area contributed by atoms with E-state index >= 15 is 0 Å². The lowest BCUT2D eigenvalue weighted by atomic mass is 10.5. The average molecular weight is 340 g/mol. The maximum absolute atomic E-state index is 8.47. The van der Waals surface area contributed by atoms with Gasteiger partial charge in [0, 0.05) is 43.6 Å². The van der Waals surface area contributed by atoms with Crippen LogP contribution in [0.25, 0.3) is 0 Å². The van der Waals surface area contributed by atoms with Gasteiger partial charge in [-0.25, -0.2) is 0 Å². The van der Waals surface area contributed by atoms with Gasteiger partial charge in [0.15, 0.2) is 12.2 Å². The first-order chi connectivity index (χ1) is 10.8. The number of aromatic nitrogens is 1. The van der Waals surface area contributed by atoms with Crippen molar-refractivity contribution in [2.45, 2.75) is 5.75 Å². The molecule has 0 saturated carbocycles. The van der Waals surface area contributed by atoms with Gasteiger partial charge in [0.25, 0.3) is 0 Å². The molecule has 1 aromatic heterocycles. The summed E-state index contributed by atoms with van der Waals surface area (Å²) in [6.07, 6.45) is 1.79. The third-order valence-corrected chi connectivity index (χ3v) is 4.00. The molecule has 0 unspecified atom stereocenters. The van der Waals surface area contributed by atoms with Crippen LogP contribution in [-0.2, 0) is 5.75 Å². The summed E-state index contributed by atoms with van der Waals surface area (Å²) in [6, 6.07) is 2.02. The van der Waals surface area contributed by atoms with Crippen molar-refractivity contribution in [1.82, 2.24) is 25.6 Å². The summed E-state index contributed by atoms with van der Waals surface area (Å²) in [5.74, 6) is 2.53. The van der Waals surface area contributed by atoms with E-state index in [1.807, 2.05) is 11.4 Å². The van der Waals surface area contributed by atoms with Crippen LogP contribution in [0.4, 0.5) is 0 Å². The third-order valence-electron chi connectivity index (χ3n) is 2.41. The maximum Gasteiger partial charge on any atom is 0.204 e. The second kappa shape index (κ2) is 11.6. The average Bonchev–Trinajstić information content (AvgIpc) is 3.03. The fourth-order valence-electron chi connectivity index (χ4n) is 1.40. The molecule has 0 atom stereocenters. The van der Waals surface area contributed by atoms with Crippen LogP contribution in [0.2, 0.25) is 0 Å². The Kier molecular flexibility index (Phi) is 9.56. The van der Waals surface area contributed by atoms with Crippen LogP contribution in [0.1, 0.15) is 5.69 Å². The Morgan fingerprint density at radius 3 is 2.86 bits per heavy atom. The summed E-state index contributed by atoms with van der Waals surface area (Å²) < 4.78 is 4.24. The lowest BCUT2D eigenvalue weighted by Crippen LogP contribution is -2.43. The molecule has 10 heteroatoms. The summed E-state index contributed by atoms with van der Waals surface area (Å²) >= 11 is 3.25. The van der Waals surface area contributed by atoms with Crippen LogP contribution in [0.5, 0.6) is 0 Å². The number of nitrogens with zero attached hydrogens (tertiary/aromatic N) is 3. The number of nitriles is 1. The fraction of sp³-hybridized carbons (Fsp3) is 0.500. The molecule has 0 aliphatic carbocycles. The molecule has 0 radical (unpaired) electrons. The number of hydrogen-bond acceptors (Lipinski definition) is 6. The molecule has 1 aromatic rings. The fourth-order valence-corrected chi connectivity index (χ4v) is 2.78. The molecule has 0 saturated heterocycles. The van der Waals surface area contributed by atoms with E-state index in [0.29, 0.717) is 25.0 Å². The Hall–Kier alpha value is -1.99. The minimum absolute atomic E-state index is 0.291. The molecule has 1 heterocycles. The predicted octanol–water partition coefficient (Wildman–Crippen LogP) is 0.136. The number of guanidine groups is 2. The van der Waals surface area contributed by atoms with Gasteiger partial charge in [-0.2, -0.15) is 21.4 Å². The molecule has 1 rings (SSSR count). The van der Waals surface area contributed by atoms with Gasteiger partial charge in [-0.05, 0) is 17.6 Å². The van der Waals surface area contributed by atoms with Gasteiger partial charge in [-0.15, -0.1) is 0 Å². The van der Waals surface area contributed by atoms with Crippen LogP contribution in [0.15, 0.2) is 16.4 Å². The molecule has 0 fully saturated rings. The van der Waals surface area contributed by atoms with Crippen LogP contribution in [0.3, 0.4) is 0 Å². The highest BCUT2D eigenvalue weighted by Gasteiger charge is 1.98. The lowest BCUT2D eigenvalue weighted by molar-refractivity contribution is 0.768. The van der Waals surface area contributed by atoms with Crippen molar-refractivity contribution in [1.29, 1.82) is 10.7 Å². The van der Waals surface area contributed by atoms with E-state index in [9.17, 15) is 0 Å². The first kappa shape index (κ1) is 18.1. The standard InChI is InChI=1S/C12H20N8S2/c1-15-12(19-9-13)18-4-3-16-11(14)17-5-7-21-8-10-2-6-22-20-10/h2,6H,3-5,7-8H2,1H3,(H3,14,16,17)(H2,15,18,19). The summed E-state index contributed by atoms with van der Waals surface area (Å²) in [6.45, 7) is 1.85. The molecule has 5 N–H and O–H groups in total. The van der Waals surface area contributed by atoms with E-state index in [1.54, 1.807) is 25.0 Å². The molecule has 0 aliphatic heterocycles. The van der Waals surface area contributed by atoms with E-state index in [0.717, 1.165) is 23.7 Å². The molecule has 120 valence electrons. The highest BCUT2D eigenvalue weighted by Crippen LogP contribution is 2.10. The molecule has 22 heavy (non-hydrogen) atoms. The Labute approximate surface area is 138 Å². The van der Waals surface area contributed by atoms with Crippen molar-refractivity contribution >= 4 is 35.2 Å². The Morgan fingerprint density at radius 2 is 2.18 bits per heavy atom. The van der Waals surface area contributed by atoms with Crippen LogP contribution < -0.4 is 21.3 Å². The molecule has 0 aliphatic rings. The third kappa shape index (κ3) is 8.33. The van der Waals surface area contributed by atoms with Gasteiger partial charge in [0.1, 0.15) is 0 Å². The van der Waals surface area contributed by atoms with E-state index in [2.05, 4.69) is 30.6 Å². The second-order valence-electron chi connectivity index (χ2n) is 4.01. The van der Waals surface area contributed by atoms with Crippen molar-refractivity contribution < 1.29 is 0 Å². The van der Waals surface area contributed by atoms with Gasteiger partial charge in [0.05, 0.1) is 5.69 Å². The molecule has 8 nitrogen and oxygen atoms in total. The topological polar surface area (TPSA) is 121 Å². The zero-order chi connectivity index (χ0) is 16.0. The maximum atomic E-state index is 8.47. The molecule has 0 amide bonds. The monoisotopic (exact) mass is 340 g/mol. The Balaban J connectivity index is 1.96. The van der Waals surface area contributed by atoms with Crippen molar-refractivity contribution in [2.24, 2.45) is 4.99 Å². The zero-order valence-electron chi connectivity index (χ0n) is 12.3. The van der Waals surface area contributed by atoms with Gasteiger partial charge >= 0.3 is 0 Å². The van der Waals surface area contributed by atoms with Gasteiger partial charge in [0.2, 0.25) is 5.96 Å². The highest BCUT2D eigenvalue weighted by molar-refractivity contribution is 7.98. The highest BCUT2D eigenvalue weighted by atomic mass is 32.2. The molecule has 0 aromatic carbocycles. The van der Waals surface area contributed by atoms with Crippen LogP contribution in [0, 0.1) is 16.9 Å². The van der Waals surface area contributed by atoms with Crippen LogP contribution >= 0.6 is 23.3 Å². The van der Waals surface area contributed by atoms with E-state index in [1.165, 1.54) is 11.5 Å². The minimum Gasteiger partial charge on any atom is -0.356 e. The summed E-state index contributed by atoms with van der Waals surface area (Å²) in [7, 11) is 1.59. The quantitative estimate of drug-likeness (QED) is 0.150. The first-order valence-electron chi connectivity index (χ1n) is 6.65. The normalized spacial score (nSPS) is 10.6. The number of nitrogens with one attached hydrogen (secondary N) is 5. The minimum atomic E-state index is 0.291. The zero-order valence-corrected chi connectivity index (χ0v) is 14.0. The Morgan fingerprint density at radius 1 is 1.41 bits per heavy atom. The molecule has 0 bridgehead atoms. The predicted molar refractivity (Wildman–Crippen MR) is 92.1 cm³/mol. The van der Waals surface area contributed by atoms with Gasteiger partial charge < -0.3 is 16.0 Å². The van der Waals surface area contributed by atoms with Crippen molar-refractivity contribution in [3.8, 4) is 6.19 Å². The Bertz CT molecular complexity index is 494. The number of rotatable bonds is 8. The molecular formula is C12H20N8S2. The van der Waals surface area contributed by atoms with E-state index < -0.39 is 0 Å². The number of aliphatic imine (C=N–C) groups is 1. The summed E-state index contributed by atoms with van der Waals surface area (Å²) in [5.41, 5.74) is 1.11. The van der Waals surface area contributed by atoms with Crippen molar-refractivity contribution in [3.63, 3.8) is 0 Å². The molecular weight excluding hydrogens is 320 g/mol. The SMILES string of the molecule is C/N=C(/NC#N)NCCNC(=N)NCCSCc1ccsn1. The number of thioether (sulfide) groups is 1. The summed E-state index contributed by atoms with van der Waals surface area (Å²) in [4.78, 5) is 3.85. The second-order valence-corrected chi connectivity index (χ2v) is 5.78. The van der Waals surface area contributed by atoms with Gasteiger partial charge in [-0.3, -0.25) is 15.7 Å². The largest absolute Gasteiger partial charge is 0.356 e. The summed E-state index contributed by atoms with van der Waals surface area (Å²) in [5, 5.41) is 29.4. The first-order valence-corrected chi connectivity index (χ1v) is 8.64. The lowest BCUT2D eigenvalue weighted by Gasteiger charge is -2.11. The number of hydrogen-bond donors (Lipinski definition) is 5. The molecule has 0 spiro atoms. The van der Waals surface area contributed by atoms with Crippen molar-refractivity contribution in [3.05, 3.63) is 17.1 Å². The smallest absolute Gasteiger partial charge is 0.204 e. The van der Waals surface area contributed by atoms with Crippen LogP contribution in [-0.4, -0.2) is 48.7 Å². The van der Waals surface area contributed by atoms with E-state index in [-0.39, 0.29) is 0 Å². The van der Waals surface area contributed by atoms with Crippen molar-refractivity contribution in [2.75, 3.05) is 32.4 Å².